The fourth-order valence-electron chi connectivity index (χ4n) is 1.99. The molecule has 0 amide bonds. The largest absolute Gasteiger partial charge is 0.308 e. The number of rotatable bonds is 3. The molecule has 1 aromatic carbocycles. The van der Waals surface area contributed by atoms with E-state index in [1.165, 1.54) is 29.0 Å². The van der Waals surface area contributed by atoms with E-state index in [1.807, 2.05) is 6.07 Å². The molecule has 3 rings (SSSR count). The number of carbonyl (C=O) groups is 1. The van der Waals surface area contributed by atoms with Gasteiger partial charge in [-0.25, -0.2) is 9.97 Å². The molecule has 0 aliphatic heterocycles. The van der Waals surface area contributed by atoms with Crippen LogP contribution in [-0.2, 0) is 0 Å². The van der Waals surface area contributed by atoms with Crippen molar-refractivity contribution in [1.82, 2.24) is 15.0 Å². The molecule has 0 aliphatic carbocycles. The van der Waals surface area contributed by atoms with E-state index < -0.39 is 17.3 Å². The second-order valence-corrected chi connectivity index (χ2v) is 5.57. The lowest BCUT2D eigenvalue weighted by Crippen LogP contribution is -2.20. The molecule has 0 saturated heterocycles. The highest BCUT2D eigenvalue weighted by Gasteiger charge is 2.26. The summed E-state index contributed by atoms with van der Waals surface area (Å²) in [4.78, 5) is 34.9. The van der Waals surface area contributed by atoms with Gasteiger partial charge < -0.3 is 4.98 Å². The first kappa shape index (κ1) is 14.4. The van der Waals surface area contributed by atoms with E-state index in [9.17, 15) is 14.9 Å². The van der Waals surface area contributed by atoms with Gasteiger partial charge in [0.05, 0.1) is 22.5 Å². The molecule has 0 aliphatic rings. The van der Waals surface area contributed by atoms with Gasteiger partial charge in [-0.2, -0.15) is 5.26 Å². The zero-order valence-electron chi connectivity index (χ0n) is 10.9. The number of nitrogens with zero attached hydrogens (tertiary/aromatic N) is 3. The van der Waals surface area contributed by atoms with Crippen LogP contribution in [0.3, 0.4) is 0 Å². The molecular formula is C14H7ClN4O2S. The number of aromatic amines is 1. The van der Waals surface area contributed by atoms with Crippen molar-refractivity contribution in [3.05, 3.63) is 56.0 Å². The average Bonchev–Trinajstić information content (AvgIpc) is 3.01. The fraction of sp³-hybridized carbons (Fsp3) is 0.0714. The first-order valence-electron chi connectivity index (χ1n) is 6.11. The van der Waals surface area contributed by atoms with Crippen molar-refractivity contribution in [3.63, 3.8) is 0 Å². The Kier molecular flexibility index (Phi) is 3.71. The molecule has 0 spiro atoms. The number of aromatic nitrogens is 3. The van der Waals surface area contributed by atoms with Gasteiger partial charge in [-0.15, -0.1) is 11.3 Å². The number of fused-ring (bicyclic) bond motifs is 1. The number of halogens is 1. The summed E-state index contributed by atoms with van der Waals surface area (Å²) >= 11 is 7.14. The molecule has 0 unspecified atom stereocenters. The number of nitriles is 1. The summed E-state index contributed by atoms with van der Waals surface area (Å²) in [7, 11) is 0. The van der Waals surface area contributed by atoms with Crippen LogP contribution >= 0.6 is 22.9 Å². The molecule has 0 fully saturated rings. The third kappa shape index (κ3) is 2.50. The number of H-pyrrole nitrogens is 1. The Hall–Kier alpha value is -2.56. The quantitative estimate of drug-likeness (QED) is 0.744. The van der Waals surface area contributed by atoms with Gasteiger partial charge in [-0.1, -0.05) is 11.6 Å². The maximum atomic E-state index is 12.3. The van der Waals surface area contributed by atoms with Gasteiger partial charge in [-0.05, 0) is 18.2 Å². The van der Waals surface area contributed by atoms with E-state index in [0.717, 1.165) is 0 Å². The van der Waals surface area contributed by atoms with Gasteiger partial charge in [0.1, 0.15) is 11.5 Å². The number of ketones is 1. The Morgan fingerprint density at radius 1 is 1.45 bits per heavy atom. The Balaban J connectivity index is 2.14. The predicted octanol–water partition coefficient (Wildman–Crippen LogP) is 2.52. The van der Waals surface area contributed by atoms with E-state index in [4.69, 9.17) is 11.6 Å². The summed E-state index contributed by atoms with van der Waals surface area (Å²) in [6, 6.07) is 6.48. The second-order valence-electron chi connectivity index (χ2n) is 4.41. The predicted molar refractivity (Wildman–Crippen MR) is 82.2 cm³/mol. The highest BCUT2D eigenvalue weighted by atomic mass is 35.5. The van der Waals surface area contributed by atoms with E-state index in [0.29, 0.717) is 15.9 Å². The van der Waals surface area contributed by atoms with Gasteiger partial charge in [0.25, 0.3) is 5.56 Å². The third-order valence-corrected chi connectivity index (χ3v) is 3.86. The van der Waals surface area contributed by atoms with Crippen LogP contribution in [0.4, 0.5) is 0 Å². The van der Waals surface area contributed by atoms with Gasteiger partial charge >= 0.3 is 0 Å². The van der Waals surface area contributed by atoms with Crippen molar-refractivity contribution < 1.29 is 4.79 Å². The monoisotopic (exact) mass is 330 g/mol. The maximum Gasteiger partial charge on any atom is 0.258 e. The lowest BCUT2D eigenvalue weighted by Gasteiger charge is -2.07. The van der Waals surface area contributed by atoms with Gasteiger partial charge in [0.2, 0.25) is 5.78 Å². The SMILES string of the molecule is N#C[C@H](C(=O)c1cscn1)c1nc2cc(Cl)ccc2c(=O)[nH]1. The summed E-state index contributed by atoms with van der Waals surface area (Å²) in [6.07, 6.45) is 0. The second kappa shape index (κ2) is 5.67. The van der Waals surface area contributed by atoms with Crippen LogP contribution in [0.1, 0.15) is 22.2 Å². The molecule has 2 aromatic heterocycles. The Bertz CT molecular complexity index is 959. The van der Waals surface area contributed by atoms with Crippen molar-refractivity contribution in [3.8, 4) is 6.07 Å². The summed E-state index contributed by atoms with van der Waals surface area (Å²) < 4.78 is 0. The number of nitrogens with one attached hydrogen (secondary N) is 1. The number of hydrogen-bond donors (Lipinski definition) is 1. The maximum absolute atomic E-state index is 12.3. The molecular weight excluding hydrogens is 324 g/mol. The number of benzene rings is 1. The highest BCUT2D eigenvalue weighted by Crippen LogP contribution is 2.20. The Labute approximate surface area is 133 Å². The minimum absolute atomic E-state index is 0.0136. The third-order valence-electron chi connectivity index (χ3n) is 3.04. The summed E-state index contributed by atoms with van der Waals surface area (Å²) in [5.41, 5.74) is 1.57. The average molecular weight is 331 g/mol. The lowest BCUT2D eigenvalue weighted by molar-refractivity contribution is 0.0972. The molecule has 0 bridgehead atoms. The van der Waals surface area contributed by atoms with E-state index in [2.05, 4.69) is 15.0 Å². The molecule has 22 heavy (non-hydrogen) atoms. The van der Waals surface area contributed by atoms with Crippen molar-refractivity contribution in [2.45, 2.75) is 5.92 Å². The zero-order valence-corrected chi connectivity index (χ0v) is 12.5. The van der Waals surface area contributed by atoms with Crippen LogP contribution in [-0.4, -0.2) is 20.7 Å². The van der Waals surface area contributed by atoms with Crippen LogP contribution in [0.2, 0.25) is 5.02 Å². The van der Waals surface area contributed by atoms with Crippen molar-refractivity contribution in [2.24, 2.45) is 0 Å². The van der Waals surface area contributed by atoms with E-state index >= 15 is 0 Å². The van der Waals surface area contributed by atoms with Crippen molar-refractivity contribution in [1.29, 1.82) is 5.26 Å². The Morgan fingerprint density at radius 3 is 2.95 bits per heavy atom. The fourth-order valence-corrected chi connectivity index (χ4v) is 2.70. The number of carbonyl (C=O) groups excluding carboxylic acids is 1. The molecule has 2 heterocycles. The van der Waals surface area contributed by atoms with E-state index in [-0.39, 0.29) is 11.5 Å². The van der Waals surface area contributed by atoms with Crippen LogP contribution < -0.4 is 5.56 Å². The minimum atomic E-state index is -1.22. The standard InChI is InChI=1S/C14H7ClN4O2S/c15-7-1-2-8-10(3-7)18-13(19-14(8)21)9(4-16)12(20)11-5-22-6-17-11/h1-3,5-6,9H,(H,18,19,21)/t9-/m1/s1. The molecule has 3 aromatic rings. The summed E-state index contributed by atoms with van der Waals surface area (Å²) in [5.74, 6) is -1.74. The number of thiazole rings is 1. The van der Waals surface area contributed by atoms with Crippen LogP contribution in [0.15, 0.2) is 33.9 Å². The molecule has 0 saturated carbocycles. The molecule has 1 atom stereocenters. The van der Waals surface area contributed by atoms with Crippen LogP contribution in [0.25, 0.3) is 10.9 Å². The van der Waals surface area contributed by atoms with Gasteiger partial charge in [0.15, 0.2) is 5.92 Å². The normalized spacial score (nSPS) is 12.0. The first-order valence-corrected chi connectivity index (χ1v) is 7.43. The molecule has 1 N–H and O–H groups in total. The smallest absolute Gasteiger partial charge is 0.258 e. The van der Waals surface area contributed by atoms with Crippen molar-refractivity contribution >= 4 is 39.6 Å². The lowest BCUT2D eigenvalue weighted by atomic mass is 10.0. The molecule has 108 valence electrons. The summed E-state index contributed by atoms with van der Waals surface area (Å²) in [6.45, 7) is 0. The topological polar surface area (TPSA) is 99.5 Å². The Morgan fingerprint density at radius 2 is 2.27 bits per heavy atom. The van der Waals surface area contributed by atoms with Crippen LogP contribution in [0, 0.1) is 11.3 Å². The van der Waals surface area contributed by atoms with Gasteiger partial charge in [-0.3, -0.25) is 9.59 Å². The molecule has 6 nitrogen and oxygen atoms in total. The zero-order chi connectivity index (χ0) is 15.7. The van der Waals surface area contributed by atoms with E-state index in [1.54, 1.807) is 11.4 Å². The molecule has 8 heteroatoms. The number of hydrogen-bond acceptors (Lipinski definition) is 6. The first-order chi connectivity index (χ1) is 10.6. The van der Waals surface area contributed by atoms with Crippen molar-refractivity contribution in [2.75, 3.05) is 0 Å². The summed E-state index contributed by atoms with van der Waals surface area (Å²) in [5, 5.41) is 11.6. The molecule has 0 radical (unpaired) electrons. The van der Waals surface area contributed by atoms with Crippen LogP contribution in [0.5, 0.6) is 0 Å². The van der Waals surface area contributed by atoms with Gasteiger partial charge in [0, 0.05) is 10.4 Å². The number of Topliss-reactive ketones (excluding diaryl/α,β-unsaturated/α-hetero) is 1. The minimum Gasteiger partial charge on any atom is -0.308 e. The highest BCUT2D eigenvalue weighted by molar-refractivity contribution is 7.07.